The first-order chi connectivity index (χ1) is 10.2. The van der Waals surface area contributed by atoms with Crippen molar-refractivity contribution >= 4 is 5.95 Å². The van der Waals surface area contributed by atoms with Crippen molar-refractivity contribution in [3.05, 3.63) is 29.3 Å². The molecule has 1 aliphatic rings. The molecule has 0 aliphatic carbocycles. The number of hydrogen-bond donors (Lipinski definition) is 2. The summed E-state index contributed by atoms with van der Waals surface area (Å²) in [5.74, 6) is 2.19. The summed E-state index contributed by atoms with van der Waals surface area (Å²) in [5, 5.41) is 7.45. The molecule has 1 saturated heterocycles. The fraction of sp³-hybridized carbons (Fsp3) is 0.500. The molecule has 0 bridgehead atoms. The Hall–Kier alpha value is -1.88. The van der Waals surface area contributed by atoms with Crippen LogP contribution in [0.25, 0.3) is 11.4 Å². The van der Waals surface area contributed by atoms with Crippen molar-refractivity contribution in [1.29, 1.82) is 0 Å². The molecule has 2 aromatic rings. The Morgan fingerprint density at radius 2 is 2.19 bits per heavy atom. The second kappa shape index (κ2) is 5.85. The first kappa shape index (κ1) is 14.1. The minimum absolute atomic E-state index is 0.558. The van der Waals surface area contributed by atoms with E-state index in [1.54, 1.807) is 0 Å². The van der Waals surface area contributed by atoms with Gasteiger partial charge in [-0.2, -0.15) is 4.98 Å². The van der Waals surface area contributed by atoms with Gasteiger partial charge in [-0.1, -0.05) is 12.1 Å². The molecule has 0 radical (unpaired) electrons. The molecule has 1 aromatic carbocycles. The van der Waals surface area contributed by atoms with Gasteiger partial charge in [-0.25, -0.2) is 0 Å². The van der Waals surface area contributed by atoms with Gasteiger partial charge >= 0.3 is 0 Å². The molecule has 1 aliphatic heterocycles. The Bertz CT molecular complexity index is 619. The lowest BCUT2D eigenvalue weighted by Gasteiger charge is -2.31. The normalized spacial score (nSPS) is 19.0. The van der Waals surface area contributed by atoms with E-state index in [0.29, 0.717) is 5.92 Å². The van der Waals surface area contributed by atoms with E-state index in [1.807, 2.05) is 0 Å². The summed E-state index contributed by atoms with van der Waals surface area (Å²) in [5.41, 5.74) is 9.44. The SMILES string of the molecule is Cc1ccc(-c2nc(N3CCCC(CN)C3)n[nH]2)cc1C. The number of aromatic amines is 1. The molecule has 3 rings (SSSR count). The van der Waals surface area contributed by atoms with E-state index in [1.165, 1.54) is 17.5 Å². The van der Waals surface area contributed by atoms with Crippen molar-refractivity contribution < 1.29 is 0 Å². The van der Waals surface area contributed by atoms with E-state index in [9.17, 15) is 0 Å². The van der Waals surface area contributed by atoms with Crippen LogP contribution in [0.3, 0.4) is 0 Å². The van der Waals surface area contributed by atoms with E-state index < -0.39 is 0 Å². The average Bonchev–Trinajstić information content (AvgIpc) is 3.00. The number of benzene rings is 1. The van der Waals surface area contributed by atoms with Crippen molar-refractivity contribution in [2.45, 2.75) is 26.7 Å². The van der Waals surface area contributed by atoms with Crippen LogP contribution in [-0.4, -0.2) is 34.8 Å². The smallest absolute Gasteiger partial charge is 0.245 e. The molecule has 2 heterocycles. The first-order valence-electron chi connectivity index (χ1n) is 7.62. The summed E-state index contributed by atoms with van der Waals surface area (Å²) in [7, 11) is 0. The summed E-state index contributed by atoms with van der Waals surface area (Å²) in [4.78, 5) is 6.90. The van der Waals surface area contributed by atoms with Gasteiger partial charge in [0.25, 0.3) is 0 Å². The van der Waals surface area contributed by atoms with Crippen molar-refractivity contribution in [2.75, 3.05) is 24.5 Å². The van der Waals surface area contributed by atoms with Crippen molar-refractivity contribution in [1.82, 2.24) is 15.2 Å². The lowest BCUT2D eigenvalue weighted by Crippen LogP contribution is -2.38. The van der Waals surface area contributed by atoms with Gasteiger partial charge in [0.2, 0.25) is 5.95 Å². The lowest BCUT2D eigenvalue weighted by molar-refractivity contribution is 0.420. The number of anilines is 1. The van der Waals surface area contributed by atoms with E-state index >= 15 is 0 Å². The number of H-pyrrole nitrogens is 1. The minimum Gasteiger partial charge on any atom is -0.339 e. The maximum Gasteiger partial charge on any atom is 0.245 e. The lowest BCUT2D eigenvalue weighted by atomic mass is 9.99. The highest BCUT2D eigenvalue weighted by Crippen LogP contribution is 2.23. The van der Waals surface area contributed by atoms with Gasteiger partial charge in [-0.15, -0.1) is 5.10 Å². The molecule has 0 amide bonds. The van der Waals surface area contributed by atoms with Crippen LogP contribution in [0.5, 0.6) is 0 Å². The van der Waals surface area contributed by atoms with Gasteiger partial charge in [-0.05, 0) is 56.3 Å². The van der Waals surface area contributed by atoms with E-state index in [4.69, 9.17) is 5.73 Å². The van der Waals surface area contributed by atoms with Crippen molar-refractivity contribution in [3.8, 4) is 11.4 Å². The molecular formula is C16H23N5. The molecule has 5 heteroatoms. The summed E-state index contributed by atoms with van der Waals surface area (Å²) in [6.07, 6.45) is 2.37. The monoisotopic (exact) mass is 285 g/mol. The third kappa shape index (κ3) is 2.93. The molecule has 1 unspecified atom stereocenters. The van der Waals surface area contributed by atoms with Crippen LogP contribution in [0.4, 0.5) is 5.95 Å². The van der Waals surface area contributed by atoms with Gasteiger partial charge in [0.15, 0.2) is 5.82 Å². The standard InChI is InChI=1S/C16H23N5/c1-11-5-6-14(8-12(11)2)15-18-16(20-19-15)21-7-3-4-13(9-17)10-21/h5-6,8,13H,3-4,7,9-10,17H2,1-2H3,(H,18,19,20). The van der Waals surface area contributed by atoms with Crippen LogP contribution in [0.15, 0.2) is 18.2 Å². The fourth-order valence-electron chi connectivity index (χ4n) is 2.85. The van der Waals surface area contributed by atoms with Crippen molar-refractivity contribution in [2.24, 2.45) is 11.7 Å². The number of aromatic nitrogens is 3. The second-order valence-electron chi connectivity index (χ2n) is 5.97. The van der Waals surface area contributed by atoms with Gasteiger partial charge in [0.05, 0.1) is 0 Å². The van der Waals surface area contributed by atoms with Gasteiger partial charge in [0.1, 0.15) is 0 Å². The highest BCUT2D eigenvalue weighted by Gasteiger charge is 2.21. The number of hydrogen-bond acceptors (Lipinski definition) is 4. The number of nitrogens with zero attached hydrogens (tertiary/aromatic N) is 3. The van der Waals surface area contributed by atoms with Gasteiger partial charge in [0, 0.05) is 18.7 Å². The quantitative estimate of drug-likeness (QED) is 0.907. The summed E-state index contributed by atoms with van der Waals surface area (Å²) < 4.78 is 0. The largest absolute Gasteiger partial charge is 0.339 e. The van der Waals surface area contributed by atoms with Crippen LogP contribution in [0, 0.1) is 19.8 Å². The minimum atomic E-state index is 0.558. The Labute approximate surface area is 125 Å². The molecule has 1 fully saturated rings. The highest BCUT2D eigenvalue weighted by atomic mass is 15.4. The second-order valence-corrected chi connectivity index (χ2v) is 5.97. The van der Waals surface area contributed by atoms with E-state index in [0.717, 1.165) is 43.4 Å². The van der Waals surface area contributed by atoms with Crippen LogP contribution >= 0.6 is 0 Å². The van der Waals surface area contributed by atoms with Gasteiger partial charge < -0.3 is 10.6 Å². The molecule has 112 valence electrons. The first-order valence-corrected chi connectivity index (χ1v) is 7.62. The molecule has 3 N–H and O–H groups in total. The molecular weight excluding hydrogens is 262 g/mol. The van der Waals surface area contributed by atoms with Crippen LogP contribution in [-0.2, 0) is 0 Å². The zero-order valence-electron chi connectivity index (χ0n) is 12.8. The Kier molecular flexibility index (Phi) is 3.92. The Morgan fingerprint density at radius 1 is 1.33 bits per heavy atom. The third-order valence-corrected chi connectivity index (χ3v) is 4.39. The average molecular weight is 285 g/mol. The van der Waals surface area contributed by atoms with Crippen LogP contribution < -0.4 is 10.6 Å². The Balaban J connectivity index is 1.81. The maximum atomic E-state index is 5.80. The zero-order chi connectivity index (χ0) is 14.8. The third-order valence-electron chi connectivity index (χ3n) is 4.39. The zero-order valence-corrected chi connectivity index (χ0v) is 12.8. The number of rotatable bonds is 3. The number of aryl methyl sites for hydroxylation is 2. The number of nitrogens with one attached hydrogen (secondary N) is 1. The molecule has 21 heavy (non-hydrogen) atoms. The number of nitrogens with two attached hydrogens (primary N) is 1. The predicted molar refractivity (Wildman–Crippen MR) is 85.3 cm³/mol. The van der Waals surface area contributed by atoms with Crippen LogP contribution in [0.2, 0.25) is 0 Å². The number of piperidine rings is 1. The fourth-order valence-corrected chi connectivity index (χ4v) is 2.85. The van der Waals surface area contributed by atoms with E-state index in [-0.39, 0.29) is 0 Å². The predicted octanol–water partition coefficient (Wildman–Crippen LogP) is 2.26. The Morgan fingerprint density at radius 3 is 2.95 bits per heavy atom. The maximum absolute atomic E-state index is 5.80. The molecule has 0 saturated carbocycles. The summed E-state index contributed by atoms with van der Waals surface area (Å²) in [6, 6.07) is 6.36. The van der Waals surface area contributed by atoms with Crippen molar-refractivity contribution in [3.63, 3.8) is 0 Å². The topological polar surface area (TPSA) is 70.8 Å². The molecule has 1 aromatic heterocycles. The highest BCUT2D eigenvalue weighted by molar-refractivity contribution is 5.58. The van der Waals surface area contributed by atoms with Crippen LogP contribution in [0.1, 0.15) is 24.0 Å². The van der Waals surface area contributed by atoms with Gasteiger partial charge in [-0.3, -0.25) is 5.10 Å². The molecule has 1 atom stereocenters. The molecule has 0 spiro atoms. The molecule has 5 nitrogen and oxygen atoms in total. The van der Waals surface area contributed by atoms with E-state index in [2.05, 4.69) is 52.1 Å². The summed E-state index contributed by atoms with van der Waals surface area (Å²) >= 11 is 0. The summed E-state index contributed by atoms with van der Waals surface area (Å²) in [6.45, 7) is 6.95.